The highest BCUT2D eigenvalue weighted by Gasteiger charge is 2.28. The van der Waals surface area contributed by atoms with Gasteiger partial charge in [0, 0.05) is 37.9 Å². The largest absolute Gasteiger partial charge is 0.383 e. The zero-order valence-corrected chi connectivity index (χ0v) is 15.3. The van der Waals surface area contributed by atoms with Crippen LogP contribution in [-0.4, -0.2) is 43.7 Å². The number of methoxy groups -OCH3 is 1. The summed E-state index contributed by atoms with van der Waals surface area (Å²) in [5, 5.41) is 14.3. The normalized spacial score (nSPS) is 21.7. The zero-order chi connectivity index (χ0) is 18.6. The van der Waals surface area contributed by atoms with Gasteiger partial charge in [-0.3, -0.25) is 14.9 Å². The number of hydrogen-bond donors (Lipinski definition) is 1. The van der Waals surface area contributed by atoms with E-state index in [2.05, 4.69) is 24.1 Å². The van der Waals surface area contributed by atoms with E-state index in [1.54, 1.807) is 19.2 Å². The predicted octanol–water partition coefficient (Wildman–Crippen LogP) is 2.84. The molecule has 0 aromatic heterocycles. The van der Waals surface area contributed by atoms with Crippen molar-refractivity contribution in [3.63, 3.8) is 0 Å². The van der Waals surface area contributed by atoms with E-state index < -0.39 is 4.92 Å². The molecule has 1 aliphatic rings. The first kappa shape index (κ1) is 19.2. The van der Waals surface area contributed by atoms with Gasteiger partial charge in [-0.1, -0.05) is 13.8 Å². The van der Waals surface area contributed by atoms with Crippen LogP contribution in [0.2, 0.25) is 0 Å². The highest BCUT2D eigenvalue weighted by Crippen LogP contribution is 2.33. The van der Waals surface area contributed by atoms with Crippen molar-refractivity contribution in [3.05, 3.63) is 33.9 Å². The summed E-state index contributed by atoms with van der Waals surface area (Å²) in [6.07, 6.45) is 1.13. The van der Waals surface area contributed by atoms with Gasteiger partial charge in [-0.25, -0.2) is 0 Å². The number of rotatable bonds is 6. The third-order valence-electron chi connectivity index (χ3n) is 4.44. The molecule has 1 aliphatic heterocycles. The molecule has 0 radical (unpaired) electrons. The van der Waals surface area contributed by atoms with Crippen LogP contribution in [0.25, 0.3) is 0 Å². The fraction of sp³-hybridized carbons (Fsp3) is 0.611. The van der Waals surface area contributed by atoms with E-state index >= 15 is 0 Å². The number of nitro benzene ring substituents is 1. The second-order valence-electron chi connectivity index (χ2n) is 7.14. The Bertz CT molecular complexity index is 625. The average Bonchev–Trinajstić information content (AvgIpc) is 2.53. The van der Waals surface area contributed by atoms with Crippen molar-refractivity contribution in [2.45, 2.75) is 33.2 Å². The number of piperidine rings is 1. The maximum absolute atomic E-state index is 12.3. The molecule has 0 bridgehead atoms. The maximum Gasteiger partial charge on any atom is 0.293 e. The monoisotopic (exact) mass is 349 g/mol. The number of anilines is 1. The number of carbonyl (C=O) groups excluding carboxylic acids is 1. The molecule has 3 atom stereocenters. The molecule has 1 heterocycles. The Morgan fingerprint density at radius 1 is 1.40 bits per heavy atom. The number of nitrogens with zero attached hydrogens (tertiary/aromatic N) is 2. The highest BCUT2D eigenvalue weighted by molar-refractivity contribution is 5.96. The van der Waals surface area contributed by atoms with Crippen molar-refractivity contribution in [3.8, 4) is 0 Å². The fourth-order valence-corrected chi connectivity index (χ4v) is 3.54. The van der Waals surface area contributed by atoms with Crippen LogP contribution in [0.1, 0.15) is 37.6 Å². The first-order valence-electron chi connectivity index (χ1n) is 8.65. The lowest BCUT2D eigenvalue weighted by Gasteiger charge is -2.36. The van der Waals surface area contributed by atoms with Crippen LogP contribution in [-0.2, 0) is 4.74 Å². The van der Waals surface area contributed by atoms with Gasteiger partial charge >= 0.3 is 0 Å². The summed E-state index contributed by atoms with van der Waals surface area (Å²) in [7, 11) is 1.56. The number of nitro groups is 1. The Morgan fingerprint density at radius 2 is 2.04 bits per heavy atom. The van der Waals surface area contributed by atoms with E-state index in [4.69, 9.17) is 4.74 Å². The fourth-order valence-electron chi connectivity index (χ4n) is 3.54. The van der Waals surface area contributed by atoms with Crippen LogP contribution in [0.5, 0.6) is 0 Å². The highest BCUT2D eigenvalue weighted by atomic mass is 16.6. The maximum atomic E-state index is 12.3. The molecule has 1 saturated heterocycles. The molecular formula is C18H27N3O4. The Morgan fingerprint density at radius 3 is 2.60 bits per heavy atom. The van der Waals surface area contributed by atoms with Gasteiger partial charge in [0.05, 0.1) is 11.5 Å². The minimum atomic E-state index is -0.408. The first-order chi connectivity index (χ1) is 11.8. The SMILES string of the molecule is COCC(C)NC(=O)c1ccc(N2CC(C)CC(C)C2)c([N+](=O)[O-])c1. The number of nitrogens with one attached hydrogen (secondary N) is 1. The molecule has 1 aromatic carbocycles. The molecule has 1 aromatic rings. The van der Waals surface area contributed by atoms with Crippen molar-refractivity contribution < 1.29 is 14.5 Å². The van der Waals surface area contributed by atoms with Gasteiger partial charge in [0.2, 0.25) is 0 Å². The van der Waals surface area contributed by atoms with Gasteiger partial charge in [0.25, 0.3) is 11.6 Å². The molecule has 0 spiro atoms. The van der Waals surface area contributed by atoms with Crippen molar-refractivity contribution in [2.75, 3.05) is 31.7 Å². The zero-order valence-electron chi connectivity index (χ0n) is 15.3. The Labute approximate surface area is 148 Å². The van der Waals surface area contributed by atoms with E-state index in [1.165, 1.54) is 6.07 Å². The second kappa shape index (κ2) is 8.29. The van der Waals surface area contributed by atoms with Crippen molar-refractivity contribution in [1.29, 1.82) is 0 Å². The summed E-state index contributed by atoms with van der Waals surface area (Å²) in [5.74, 6) is 0.641. The summed E-state index contributed by atoms with van der Waals surface area (Å²) in [5.41, 5.74) is 0.856. The number of amides is 1. The van der Waals surface area contributed by atoms with Gasteiger partial charge in [0.1, 0.15) is 5.69 Å². The molecule has 138 valence electrons. The van der Waals surface area contributed by atoms with E-state index in [0.29, 0.717) is 24.1 Å². The molecular weight excluding hydrogens is 322 g/mol. The number of ether oxygens (including phenoxy) is 1. The Kier molecular flexibility index (Phi) is 6.36. The van der Waals surface area contributed by atoms with Crippen molar-refractivity contribution >= 4 is 17.3 Å². The molecule has 1 amide bonds. The quantitative estimate of drug-likeness (QED) is 0.630. The summed E-state index contributed by atoms with van der Waals surface area (Å²) >= 11 is 0. The lowest BCUT2D eigenvalue weighted by atomic mass is 9.91. The average molecular weight is 349 g/mol. The van der Waals surface area contributed by atoms with Crippen LogP contribution in [0, 0.1) is 22.0 Å². The summed E-state index contributed by atoms with van der Waals surface area (Å²) in [6, 6.07) is 4.55. The van der Waals surface area contributed by atoms with E-state index in [0.717, 1.165) is 19.5 Å². The van der Waals surface area contributed by atoms with Gasteiger partial charge in [0.15, 0.2) is 0 Å². The molecule has 7 heteroatoms. The van der Waals surface area contributed by atoms with Gasteiger partial charge in [-0.2, -0.15) is 0 Å². The smallest absolute Gasteiger partial charge is 0.293 e. The van der Waals surface area contributed by atoms with Gasteiger partial charge in [-0.05, 0) is 37.3 Å². The first-order valence-corrected chi connectivity index (χ1v) is 8.65. The third-order valence-corrected chi connectivity index (χ3v) is 4.44. The third kappa shape index (κ3) is 4.92. The van der Waals surface area contributed by atoms with Gasteiger partial charge in [-0.15, -0.1) is 0 Å². The lowest BCUT2D eigenvalue weighted by Crippen LogP contribution is -2.39. The Hall–Kier alpha value is -2.15. The van der Waals surface area contributed by atoms with Crippen LogP contribution in [0.3, 0.4) is 0 Å². The lowest BCUT2D eigenvalue weighted by molar-refractivity contribution is -0.384. The van der Waals surface area contributed by atoms with Crippen LogP contribution in [0.15, 0.2) is 18.2 Å². The van der Waals surface area contributed by atoms with Crippen molar-refractivity contribution in [1.82, 2.24) is 5.32 Å². The summed E-state index contributed by atoms with van der Waals surface area (Å²) < 4.78 is 4.99. The van der Waals surface area contributed by atoms with E-state index in [1.807, 2.05) is 6.92 Å². The number of benzene rings is 1. The minimum Gasteiger partial charge on any atom is -0.383 e. The van der Waals surface area contributed by atoms with Crippen LogP contribution < -0.4 is 10.2 Å². The number of hydrogen-bond acceptors (Lipinski definition) is 5. The van der Waals surface area contributed by atoms with E-state index in [-0.39, 0.29) is 23.2 Å². The van der Waals surface area contributed by atoms with Gasteiger partial charge < -0.3 is 15.0 Å². The van der Waals surface area contributed by atoms with Crippen molar-refractivity contribution in [2.24, 2.45) is 11.8 Å². The molecule has 1 fully saturated rings. The molecule has 1 N–H and O–H groups in total. The standard InChI is InChI=1S/C18H27N3O4/c1-12-7-13(2)10-20(9-12)16-6-5-15(8-17(16)21(23)24)18(22)19-14(3)11-25-4/h5-6,8,12-14H,7,9-11H2,1-4H3,(H,19,22). The summed E-state index contributed by atoms with van der Waals surface area (Å²) in [6.45, 7) is 8.11. The van der Waals surface area contributed by atoms with E-state index in [9.17, 15) is 14.9 Å². The molecule has 7 nitrogen and oxygen atoms in total. The molecule has 3 unspecified atom stereocenters. The van der Waals surface area contributed by atoms with Crippen LogP contribution in [0.4, 0.5) is 11.4 Å². The molecule has 0 saturated carbocycles. The summed E-state index contributed by atoms with van der Waals surface area (Å²) in [4.78, 5) is 25.5. The Balaban J connectivity index is 2.25. The topological polar surface area (TPSA) is 84.7 Å². The second-order valence-corrected chi connectivity index (χ2v) is 7.14. The number of carbonyl (C=O) groups is 1. The van der Waals surface area contributed by atoms with Crippen LogP contribution >= 0.6 is 0 Å². The molecule has 25 heavy (non-hydrogen) atoms. The minimum absolute atomic E-state index is 0.0201. The predicted molar refractivity (Wildman–Crippen MR) is 97.1 cm³/mol. The molecule has 0 aliphatic carbocycles. The molecule has 2 rings (SSSR count).